The van der Waals surface area contributed by atoms with Crippen LogP contribution in [0.5, 0.6) is 0 Å². The first-order chi connectivity index (χ1) is 11.3. The highest BCUT2D eigenvalue weighted by Gasteiger charge is 2.25. The van der Waals surface area contributed by atoms with Crippen molar-refractivity contribution in [3.05, 3.63) is 29.8 Å². The maximum Gasteiger partial charge on any atom is 0.319 e. The molecule has 0 fully saturated rings. The van der Waals surface area contributed by atoms with Gasteiger partial charge in [0.15, 0.2) is 0 Å². The first-order valence-electron chi connectivity index (χ1n) is 8.12. The van der Waals surface area contributed by atoms with Crippen molar-refractivity contribution in [3.8, 4) is 0 Å². The van der Waals surface area contributed by atoms with E-state index < -0.39 is 5.60 Å². The molecule has 0 radical (unpaired) electrons. The zero-order valence-corrected chi connectivity index (χ0v) is 14.7. The number of nitrogens with one attached hydrogen (secondary N) is 2. The Morgan fingerprint density at radius 3 is 2.75 bits per heavy atom. The largest absolute Gasteiger partial charge is 0.383 e. The van der Waals surface area contributed by atoms with Crippen LogP contribution in [0.3, 0.4) is 0 Å². The van der Waals surface area contributed by atoms with Crippen molar-refractivity contribution < 1.29 is 9.90 Å². The van der Waals surface area contributed by atoms with E-state index in [1.807, 2.05) is 11.6 Å². The van der Waals surface area contributed by atoms with E-state index in [9.17, 15) is 9.90 Å². The highest BCUT2D eigenvalue weighted by molar-refractivity contribution is 5.89. The van der Waals surface area contributed by atoms with E-state index in [1.54, 1.807) is 37.2 Å². The van der Waals surface area contributed by atoms with Crippen molar-refractivity contribution in [1.82, 2.24) is 24.9 Å². The number of anilines is 1. The Balaban J connectivity index is 1.90. The highest BCUT2D eigenvalue weighted by Crippen LogP contribution is 2.19. The number of carbonyl (C=O) groups excluding carboxylic acids is 1. The first-order valence-corrected chi connectivity index (χ1v) is 8.12. The molecule has 2 aromatic heterocycles. The summed E-state index contributed by atoms with van der Waals surface area (Å²) in [4.78, 5) is 12.1. The average molecular weight is 334 g/mol. The van der Waals surface area contributed by atoms with Crippen LogP contribution in [-0.4, -0.2) is 37.2 Å². The zero-order chi connectivity index (χ0) is 17.7. The molecule has 0 saturated carbocycles. The number of amides is 2. The molecule has 3 N–H and O–H groups in total. The van der Waals surface area contributed by atoms with Crippen LogP contribution in [0.15, 0.2) is 18.6 Å². The number of hydrogen-bond donors (Lipinski definition) is 3. The second-order valence-corrected chi connectivity index (χ2v) is 6.20. The molecule has 8 nitrogen and oxygen atoms in total. The number of aryl methyl sites for hydroxylation is 2. The predicted molar refractivity (Wildman–Crippen MR) is 91.7 cm³/mol. The topological polar surface area (TPSA) is 97.0 Å². The second-order valence-electron chi connectivity index (χ2n) is 6.20. The van der Waals surface area contributed by atoms with Crippen LogP contribution in [0, 0.1) is 6.92 Å². The van der Waals surface area contributed by atoms with Crippen molar-refractivity contribution in [1.29, 1.82) is 0 Å². The van der Waals surface area contributed by atoms with Gasteiger partial charge in [0.2, 0.25) is 0 Å². The monoisotopic (exact) mass is 334 g/mol. The Morgan fingerprint density at radius 2 is 2.12 bits per heavy atom. The van der Waals surface area contributed by atoms with Crippen LogP contribution in [0.2, 0.25) is 0 Å². The zero-order valence-electron chi connectivity index (χ0n) is 14.7. The molecule has 8 heteroatoms. The molecule has 0 aliphatic carbocycles. The average Bonchev–Trinajstić information content (AvgIpc) is 3.11. The molecule has 0 aliphatic rings. The minimum atomic E-state index is -1.19. The molecule has 2 heterocycles. The van der Waals surface area contributed by atoms with Crippen LogP contribution in [0.25, 0.3) is 0 Å². The standard InChI is InChI=1S/C16H26N6O2/c1-5-6-7-22-12(2)14(9-19-22)20-15(23)17-11-16(3,24)13-8-18-21(4)10-13/h8-10,24H,5-7,11H2,1-4H3,(H2,17,20,23). The number of rotatable bonds is 7. The van der Waals surface area contributed by atoms with Gasteiger partial charge in [0.05, 0.1) is 30.3 Å². The predicted octanol–water partition coefficient (Wildman–Crippen LogP) is 1.75. The number of aliphatic hydroxyl groups is 1. The highest BCUT2D eigenvalue weighted by atomic mass is 16.3. The third kappa shape index (κ3) is 4.35. The van der Waals surface area contributed by atoms with E-state index in [0.717, 1.165) is 25.1 Å². The van der Waals surface area contributed by atoms with E-state index in [-0.39, 0.29) is 12.6 Å². The molecule has 0 saturated heterocycles. The second kappa shape index (κ2) is 7.48. The van der Waals surface area contributed by atoms with E-state index in [2.05, 4.69) is 27.8 Å². The summed E-state index contributed by atoms with van der Waals surface area (Å²) in [6.45, 7) is 6.59. The number of urea groups is 1. The van der Waals surface area contributed by atoms with E-state index in [0.29, 0.717) is 11.3 Å². The molecule has 132 valence electrons. The fraction of sp³-hybridized carbons (Fsp3) is 0.562. The van der Waals surface area contributed by atoms with Crippen molar-refractivity contribution >= 4 is 11.7 Å². The lowest BCUT2D eigenvalue weighted by molar-refractivity contribution is 0.0599. The summed E-state index contributed by atoms with van der Waals surface area (Å²) in [5.74, 6) is 0. The quantitative estimate of drug-likeness (QED) is 0.718. The third-order valence-electron chi connectivity index (χ3n) is 3.99. The number of aromatic nitrogens is 4. The van der Waals surface area contributed by atoms with Gasteiger partial charge < -0.3 is 15.7 Å². The molecule has 24 heavy (non-hydrogen) atoms. The summed E-state index contributed by atoms with van der Waals surface area (Å²) in [5, 5.41) is 24.2. The van der Waals surface area contributed by atoms with Gasteiger partial charge >= 0.3 is 6.03 Å². The molecule has 1 unspecified atom stereocenters. The molecular formula is C16H26N6O2. The molecule has 0 bridgehead atoms. The maximum absolute atomic E-state index is 12.1. The lowest BCUT2D eigenvalue weighted by Gasteiger charge is -2.22. The minimum Gasteiger partial charge on any atom is -0.383 e. The van der Waals surface area contributed by atoms with E-state index in [1.165, 1.54) is 0 Å². The molecule has 2 amide bonds. The number of carbonyl (C=O) groups is 1. The Kier molecular flexibility index (Phi) is 5.61. The summed E-state index contributed by atoms with van der Waals surface area (Å²) >= 11 is 0. The molecule has 1 atom stereocenters. The summed E-state index contributed by atoms with van der Waals surface area (Å²) in [6.07, 6.45) is 7.08. The van der Waals surface area contributed by atoms with Gasteiger partial charge in [-0.05, 0) is 20.3 Å². The van der Waals surface area contributed by atoms with Gasteiger partial charge in [-0.1, -0.05) is 13.3 Å². The van der Waals surface area contributed by atoms with Gasteiger partial charge in [0.1, 0.15) is 5.60 Å². The van der Waals surface area contributed by atoms with Crippen LogP contribution >= 0.6 is 0 Å². The van der Waals surface area contributed by atoms with Gasteiger partial charge in [-0.25, -0.2) is 4.79 Å². The van der Waals surface area contributed by atoms with Crippen molar-refractivity contribution in [2.24, 2.45) is 7.05 Å². The summed E-state index contributed by atoms with van der Waals surface area (Å²) in [5.41, 5.74) is 1.04. The lowest BCUT2D eigenvalue weighted by atomic mass is 10.00. The van der Waals surface area contributed by atoms with E-state index in [4.69, 9.17) is 0 Å². The SMILES string of the molecule is CCCCn1ncc(NC(=O)NCC(C)(O)c2cnn(C)c2)c1C. The van der Waals surface area contributed by atoms with Crippen LogP contribution < -0.4 is 10.6 Å². The smallest absolute Gasteiger partial charge is 0.319 e. The molecule has 0 spiro atoms. The summed E-state index contributed by atoms with van der Waals surface area (Å²) in [7, 11) is 1.78. The van der Waals surface area contributed by atoms with Gasteiger partial charge in [-0.3, -0.25) is 9.36 Å². The Labute approximate surface area is 141 Å². The number of unbranched alkanes of at least 4 members (excludes halogenated alkanes) is 1. The van der Waals surface area contributed by atoms with Gasteiger partial charge in [0.25, 0.3) is 0 Å². The maximum atomic E-state index is 12.1. The molecule has 0 aliphatic heterocycles. The molecule has 2 aromatic rings. The third-order valence-corrected chi connectivity index (χ3v) is 3.99. The van der Waals surface area contributed by atoms with Gasteiger partial charge in [0, 0.05) is 25.4 Å². The van der Waals surface area contributed by atoms with Crippen LogP contribution in [0.4, 0.5) is 10.5 Å². The number of hydrogen-bond acceptors (Lipinski definition) is 4. The Bertz CT molecular complexity index is 689. The van der Waals surface area contributed by atoms with E-state index >= 15 is 0 Å². The summed E-state index contributed by atoms with van der Waals surface area (Å²) in [6, 6.07) is -0.377. The van der Waals surface area contributed by atoms with Gasteiger partial charge in [-0.2, -0.15) is 10.2 Å². The van der Waals surface area contributed by atoms with Crippen molar-refractivity contribution in [2.75, 3.05) is 11.9 Å². The van der Waals surface area contributed by atoms with Crippen LogP contribution in [-0.2, 0) is 19.2 Å². The number of nitrogens with zero attached hydrogens (tertiary/aromatic N) is 4. The normalized spacial score (nSPS) is 13.5. The Hall–Kier alpha value is -2.35. The fourth-order valence-electron chi connectivity index (χ4n) is 2.32. The molecule has 0 aromatic carbocycles. The fourth-order valence-corrected chi connectivity index (χ4v) is 2.32. The molecular weight excluding hydrogens is 308 g/mol. The Morgan fingerprint density at radius 1 is 1.38 bits per heavy atom. The lowest BCUT2D eigenvalue weighted by Crippen LogP contribution is -2.40. The first kappa shape index (κ1) is 18.0. The summed E-state index contributed by atoms with van der Waals surface area (Å²) < 4.78 is 3.49. The van der Waals surface area contributed by atoms with Crippen molar-refractivity contribution in [3.63, 3.8) is 0 Å². The van der Waals surface area contributed by atoms with Crippen LogP contribution in [0.1, 0.15) is 37.9 Å². The molecule has 2 rings (SSSR count). The minimum absolute atomic E-state index is 0.0769. The van der Waals surface area contributed by atoms with Crippen molar-refractivity contribution in [2.45, 2.75) is 45.8 Å². The van der Waals surface area contributed by atoms with Gasteiger partial charge in [-0.15, -0.1) is 0 Å².